The number of anilines is 1. The molecule has 1 aliphatic rings. The zero-order valence-corrected chi connectivity index (χ0v) is 34.1. The zero-order chi connectivity index (χ0) is 44.7. The summed E-state index contributed by atoms with van der Waals surface area (Å²) >= 11 is 0. The normalized spacial score (nSPS) is 13.0. The predicted octanol–water partition coefficient (Wildman–Crippen LogP) is 14.9. The summed E-state index contributed by atoms with van der Waals surface area (Å²) in [7, 11) is 0. The van der Waals surface area contributed by atoms with E-state index in [1.165, 1.54) is 17.0 Å². The number of fused-ring (bicyclic) bond motifs is 4. The van der Waals surface area contributed by atoms with E-state index in [4.69, 9.17) is 0 Å². The van der Waals surface area contributed by atoms with Crippen molar-refractivity contribution in [2.45, 2.75) is 26.2 Å². The van der Waals surface area contributed by atoms with Crippen LogP contribution >= 0.6 is 0 Å². The first-order valence-corrected chi connectivity index (χ1v) is 20.4. The van der Waals surface area contributed by atoms with Gasteiger partial charge in [0.15, 0.2) is 0 Å². The van der Waals surface area contributed by atoms with Crippen molar-refractivity contribution >= 4 is 39.3 Å². The van der Waals surface area contributed by atoms with E-state index in [1.807, 2.05) is 78.9 Å². The van der Waals surface area contributed by atoms with Gasteiger partial charge in [-0.05, 0) is 113 Å². The van der Waals surface area contributed by atoms with Crippen LogP contribution in [0.25, 0.3) is 72.0 Å². The van der Waals surface area contributed by atoms with E-state index in [-0.39, 0.29) is 22.3 Å². The number of imide groups is 1. The van der Waals surface area contributed by atoms with Gasteiger partial charge in [-0.25, -0.2) is 4.90 Å². The third-order valence-electron chi connectivity index (χ3n) is 12.0. The average Bonchev–Trinajstić information content (AvgIpc) is 3.75. The minimum Gasteiger partial charge on any atom is -0.308 e. The number of carbonyl (C=O) groups is 2. The fourth-order valence-electron chi connectivity index (χ4n) is 8.98. The molecule has 0 unspecified atom stereocenters. The molecular formula is C54H34F6N2O2. The van der Waals surface area contributed by atoms with Crippen molar-refractivity contribution in [3.05, 3.63) is 203 Å². The second kappa shape index (κ2) is 15.0. The summed E-state index contributed by atoms with van der Waals surface area (Å²) in [6.45, 7) is 3.18. The Labute approximate surface area is 363 Å². The van der Waals surface area contributed by atoms with Gasteiger partial charge in [0.25, 0.3) is 11.8 Å². The number of hydrogen-bond acceptors (Lipinski definition) is 2. The first-order valence-electron chi connectivity index (χ1n) is 20.4. The second-order valence-electron chi connectivity index (χ2n) is 16.0. The summed E-state index contributed by atoms with van der Waals surface area (Å²) in [5.74, 6) is -1.15. The Morgan fingerprint density at radius 3 is 1.66 bits per heavy atom. The summed E-state index contributed by atoms with van der Waals surface area (Å²) in [5.41, 5.74) is 5.67. The van der Waals surface area contributed by atoms with Crippen LogP contribution in [-0.4, -0.2) is 16.4 Å². The van der Waals surface area contributed by atoms with Gasteiger partial charge in [-0.15, -0.1) is 0 Å². The number of hydrogen-bond donors (Lipinski definition) is 0. The highest BCUT2D eigenvalue weighted by Gasteiger charge is 2.41. The van der Waals surface area contributed by atoms with Crippen LogP contribution in [0.15, 0.2) is 170 Å². The zero-order valence-electron chi connectivity index (χ0n) is 34.1. The predicted molar refractivity (Wildman–Crippen MR) is 240 cm³/mol. The molecule has 10 heteroatoms. The molecule has 10 rings (SSSR count). The number of aryl methyl sites for hydroxylation is 2. The van der Waals surface area contributed by atoms with Crippen LogP contribution in [0, 0.1) is 13.8 Å². The number of nitrogens with zero attached hydrogens (tertiary/aromatic N) is 2. The first-order chi connectivity index (χ1) is 30.7. The lowest BCUT2D eigenvalue weighted by atomic mass is 9.96. The smallest absolute Gasteiger partial charge is 0.308 e. The lowest BCUT2D eigenvalue weighted by Crippen LogP contribution is -2.30. The van der Waals surface area contributed by atoms with Crippen molar-refractivity contribution in [1.29, 1.82) is 0 Å². The molecule has 2 heterocycles. The topological polar surface area (TPSA) is 42.3 Å². The van der Waals surface area contributed by atoms with Crippen molar-refractivity contribution in [2.24, 2.45) is 0 Å². The maximum Gasteiger partial charge on any atom is 0.417 e. The van der Waals surface area contributed by atoms with Crippen LogP contribution in [0.2, 0.25) is 0 Å². The molecular weight excluding hydrogens is 823 g/mol. The fourth-order valence-corrected chi connectivity index (χ4v) is 8.98. The maximum atomic E-state index is 15.1. The number of carbonyl (C=O) groups excluding carboxylic acids is 2. The number of amides is 2. The molecule has 9 aromatic rings. The number of halogens is 6. The largest absolute Gasteiger partial charge is 0.417 e. The number of alkyl halides is 6. The molecule has 0 bridgehead atoms. The summed E-state index contributed by atoms with van der Waals surface area (Å²) < 4.78 is 86.6. The van der Waals surface area contributed by atoms with Crippen LogP contribution in [0.3, 0.4) is 0 Å². The minimum absolute atomic E-state index is 0.0408. The van der Waals surface area contributed by atoms with E-state index in [0.29, 0.717) is 61.0 Å². The maximum absolute atomic E-state index is 15.1. The van der Waals surface area contributed by atoms with Crippen LogP contribution < -0.4 is 4.90 Å². The Balaban J connectivity index is 1.20. The van der Waals surface area contributed by atoms with E-state index in [9.17, 15) is 31.1 Å². The fraction of sp³-hybridized carbons (Fsp3) is 0.0741. The SMILES string of the molecule is Cc1ccc(-c2ccc3c4ccc(-c5ccc(C(F)(F)F)cc5C)cc4n(-c4cccc5c4C(=O)N(c4ccc(-c6ccccc6)cc4-c4ccccc4)C5=O)c3c2)c(C(F)(F)F)c1. The number of rotatable bonds is 6. The molecule has 0 atom stereocenters. The highest BCUT2D eigenvalue weighted by molar-refractivity contribution is 6.36. The van der Waals surface area contributed by atoms with Gasteiger partial charge in [-0.2, -0.15) is 26.3 Å². The highest BCUT2D eigenvalue weighted by atomic mass is 19.4. The molecule has 64 heavy (non-hydrogen) atoms. The van der Waals surface area contributed by atoms with Crippen molar-refractivity contribution in [2.75, 3.05) is 4.90 Å². The Morgan fingerprint density at radius 1 is 0.422 bits per heavy atom. The Kier molecular flexibility index (Phi) is 9.44. The standard InChI is InChI=1S/C54H34F6N2O2/c1-31-16-21-40(45(26-31)54(58,59)60)37-18-23-42-41-22-17-36(39-24-20-38(27-32(39)2)53(55,56)57)29-48(41)61(49(42)30-37)47-15-9-14-43-50(47)52(64)62(51(43)63)46-25-19-35(33-10-5-3-6-11-33)28-44(46)34-12-7-4-8-13-34/h3-30H,1-2H3. The van der Waals surface area contributed by atoms with E-state index < -0.39 is 35.3 Å². The van der Waals surface area contributed by atoms with Gasteiger partial charge in [0.1, 0.15) is 0 Å². The lowest BCUT2D eigenvalue weighted by Gasteiger charge is -2.20. The molecule has 8 aromatic carbocycles. The summed E-state index contributed by atoms with van der Waals surface area (Å²) in [6.07, 6.45) is -9.20. The van der Waals surface area contributed by atoms with Crippen LogP contribution in [-0.2, 0) is 12.4 Å². The summed E-state index contributed by atoms with van der Waals surface area (Å²) in [6, 6.07) is 47.7. The van der Waals surface area contributed by atoms with E-state index >= 15 is 4.79 Å². The molecule has 0 saturated carbocycles. The van der Waals surface area contributed by atoms with E-state index in [2.05, 4.69) is 0 Å². The molecule has 2 amide bonds. The van der Waals surface area contributed by atoms with Gasteiger partial charge in [0.05, 0.1) is 44.7 Å². The van der Waals surface area contributed by atoms with Gasteiger partial charge in [-0.3, -0.25) is 9.59 Å². The Hall–Kier alpha value is -7.72. The average molecular weight is 857 g/mol. The second-order valence-corrected chi connectivity index (χ2v) is 16.0. The van der Waals surface area contributed by atoms with Gasteiger partial charge >= 0.3 is 12.4 Å². The number of aromatic nitrogens is 1. The highest BCUT2D eigenvalue weighted by Crippen LogP contribution is 2.45. The van der Waals surface area contributed by atoms with Crippen LogP contribution in [0.5, 0.6) is 0 Å². The molecule has 0 spiro atoms. The van der Waals surface area contributed by atoms with Crippen molar-refractivity contribution in [3.63, 3.8) is 0 Å². The van der Waals surface area contributed by atoms with Gasteiger partial charge < -0.3 is 4.57 Å². The molecule has 1 aliphatic heterocycles. The van der Waals surface area contributed by atoms with E-state index in [0.717, 1.165) is 34.9 Å². The summed E-state index contributed by atoms with van der Waals surface area (Å²) in [4.78, 5) is 31.0. The third kappa shape index (κ3) is 6.73. The monoisotopic (exact) mass is 856 g/mol. The van der Waals surface area contributed by atoms with Crippen molar-refractivity contribution in [3.8, 4) is 50.2 Å². The van der Waals surface area contributed by atoms with Gasteiger partial charge in [-0.1, -0.05) is 121 Å². The van der Waals surface area contributed by atoms with Crippen molar-refractivity contribution < 1.29 is 35.9 Å². The lowest BCUT2D eigenvalue weighted by molar-refractivity contribution is -0.138. The summed E-state index contributed by atoms with van der Waals surface area (Å²) in [5, 5.41) is 1.31. The molecule has 4 nitrogen and oxygen atoms in total. The van der Waals surface area contributed by atoms with Crippen molar-refractivity contribution in [1.82, 2.24) is 4.57 Å². The number of benzene rings is 8. The van der Waals surface area contributed by atoms with Crippen LogP contribution in [0.1, 0.15) is 43.0 Å². The Bertz CT molecular complexity index is 3370. The quantitative estimate of drug-likeness (QED) is 0.123. The molecule has 314 valence electrons. The molecule has 0 saturated heterocycles. The molecule has 1 aromatic heterocycles. The first kappa shape index (κ1) is 40.4. The minimum atomic E-state index is -4.66. The molecule has 0 aliphatic carbocycles. The third-order valence-corrected chi connectivity index (χ3v) is 12.0. The molecule has 0 fully saturated rings. The van der Waals surface area contributed by atoms with Crippen LogP contribution in [0.4, 0.5) is 32.0 Å². The van der Waals surface area contributed by atoms with Gasteiger partial charge in [0.2, 0.25) is 0 Å². The Morgan fingerprint density at radius 2 is 1.03 bits per heavy atom. The molecule has 0 N–H and O–H groups in total. The van der Waals surface area contributed by atoms with E-state index in [1.54, 1.807) is 79.1 Å². The molecule has 0 radical (unpaired) electrons. The van der Waals surface area contributed by atoms with Gasteiger partial charge in [0, 0.05) is 16.3 Å².